The fourth-order valence-electron chi connectivity index (χ4n) is 4.16. The molecule has 7 nitrogen and oxygen atoms in total. The molecule has 1 aliphatic heterocycles. The van der Waals surface area contributed by atoms with Gasteiger partial charge in [-0.05, 0) is 54.5 Å². The molecule has 0 N–H and O–H groups in total. The van der Waals surface area contributed by atoms with Gasteiger partial charge in [-0.3, -0.25) is 19.7 Å². The van der Waals surface area contributed by atoms with Crippen molar-refractivity contribution >= 4 is 23.6 Å². The normalized spacial score (nSPS) is 14.6. The van der Waals surface area contributed by atoms with Crippen LogP contribution in [0.1, 0.15) is 50.7 Å². The molecule has 1 aliphatic rings. The van der Waals surface area contributed by atoms with Crippen molar-refractivity contribution in [1.82, 2.24) is 4.90 Å². The van der Waals surface area contributed by atoms with Gasteiger partial charge < -0.3 is 9.64 Å². The van der Waals surface area contributed by atoms with E-state index in [0.29, 0.717) is 43.7 Å². The lowest BCUT2D eigenvalue weighted by atomic mass is 9.89. The summed E-state index contributed by atoms with van der Waals surface area (Å²) >= 11 is 0. The zero-order chi connectivity index (χ0) is 24.0. The van der Waals surface area contributed by atoms with E-state index in [1.807, 2.05) is 38.1 Å². The molecule has 0 aromatic heterocycles. The minimum atomic E-state index is -0.439. The Kier molecular flexibility index (Phi) is 7.98. The molecule has 0 unspecified atom stereocenters. The van der Waals surface area contributed by atoms with Crippen molar-refractivity contribution in [3.05, 3.63) is 69.8 Å². The van der Waals surface area contributed by atoms with Crippen molar-refractivity contribution in [2.45, 2.75) is 39.5 Å². The molecular weight excluding hydrogens is 420 g/mol. The first-order valence-corrected chi connectivity index (χ1v) is 11.3. The van der Waals surface area contributed by atoms with Gasteiger partial charge in [-0.2, -0.15) is 0 Å². The zero-order valence-corrected chi connectivity index (χ0v) is 19.2. The predicted molar refractivity (Wildman–Crippen MR) is 126 cm³/mol. The molecule has 3 rings (SSSR count). The minimum absolute atomic E-state index is 0.118. The summed E-state index contributed by atoms with van der Waals surface area (Å²) in [5.41, 5.74) is 2.67. The number of likely N-dealkylation sites (tertiary alicyclic amines) is 1. The molecule has 1 amide bonds. The molecular formula is C26H29N2O5. The summed E-state index contributed by atoms with van der Waals surface area (Å²) in [5.74, 6) is -0.401. The fourth-order valence-corrected chi connectivity index (χ4v) is 4.16. The second kappa shape index (κ2) is 10.9. The lowest BCUT2D eigenvalue weighted by molar-refractivity contribution is -0.384. The van der Waals surface area contributed by atoms with Crippen molar-refractivity contribution in [2.75, 3.05) is 19.7 Å². The van der Waals surface area contributed by atoms with E-state index in [2.05, 4.69) is 6.07 Å². The number of carbonyl (C=O) groups is 2. The standard InChI is InChI=1S/C26H29N2O5/c1-4-33-26(30)20-14-16-27(17-15-20)24(29)13-12-19-8-7-11-23(28(31)32)25(19)22-10-6-5-9-21(22)18(2)3/h5-10,12-13,18,20H,4,14-17H2,1-3H3/b13-12+. The van der Waals surface area contributed by atoms with Crippen LogP contribution < -0.4 is 0 Å². The first-order chi connectivity index (χ1) is 15.8. The monoisotopic (exact) mass is 449 g/mol. The summed E-state index contributed by atoms with van der Waals surface area (Å²) in [6, 6.07) is 13.6. The largest absolute Gasteiger partial charge is 0.466 e. The van der Waals surface area contributed by atoms with Crippen LogP contribution in [0, 0.1) is 22.1 Å². The summed E-state index contributed by atoms with van der Waals surface area (Å²) in [6.45, 7) is 7.15. The molecule has 1 heterocycles. The Labute approximate surface area is 194 Å². The van der Waals surface area contributed by atoms with E-state index in [0.717, 1.165) is 11.1 Å². The molecule has 0 aliphatic carbocycles. The lowest BCUT2D eigenvalue weighted by Gasteiger charge is -2.30. The summed E-state index contributed by atoms with van der Waals surface area (Å²) in [4.78, 5) is 37.8. The maximum Gasteiger partial charge on any atom is 0.309 e. The second-order valence-electron chi connectivity index (χ2n) is 8.34. The summed E-state index contributed by atoms with van der Waals surface area (Å²) < 4.78 is 5.08. The number of nitro benzene ring substituents is 1. The van der Waals surface area contributed by atoms with Gasteiger partial charge in [-0.25, -0.2) is 0 Å². The first kappa shape index (κ1) is 24.2. The van der Waals surface area contributed by atoms with Crippen LogP contribution >= 0.6 is 0 Å². The number of amides is 1. The van der Waals surface area contributed by atoms with Crippen LogP contribution in [0.2, 0.25) is 0 Å². The highest BCUT2D eigenvalue weighted by molar-refractivity contribution is 5.94. The van der Waals surface area contributed by atoms with E-state index in [9.17, 15) is 19.7 Å². The second-order valence-corrected chi connectivity index (χ2v) is 8.34. The smallest absolute Gasteiger partial charge is 0.309 e. The number of esters is 1. The molecule has 1 saturated heterocycles. The molecule has 7 heteroatoms. The van der Waals surface area contributed by atoms with Gasteiger partial charge in [0, 0.05) is 19.2 Å². The number of ether oxygens (including phenoxy) is 1. The number of hydrogen-bond acceptors (Lipinski definition) is 5. The SMILES string of the molecule is CCOC(=O)C1CCN(C(=O)/C=C/c2cc[c]c([N+](=O)[O-])c2-c2ccccc2C(C)C)CC1. The van der Waals surface area contributed by atoms with Crippen LogP contribution in [-0.2, 0) is 14.3 Å². The van der Waals surface area contributed by atoms with E-state index in [1.54, 1.807) is 24.0 Å². The molecule has 1 fully saturated rings. The van der Waals surface area contributed by atoms with E-state index in [4.69, 9.17) is 4.74 Å². The lowest BCUT2D eigenvalue weighted by Crippen LogP contribution is -2.39. The van der Waals surface area contributed by atoms with Gasteiger partial charge in [0.15, 0.2) is 0 Å². The number of nitro groups is 1. The number of piperidine rings is 1. The third-order valence-electron chi connectivity index (χ3n) is 5.88. The first-order valence-electron chi connectivity index (χ1n) is 11.3. The van der Waals surface area contributed by atoms with E-state index in [-0.39, 0.29) is 29.4 Å². The van der Waals surface area contributed by atoms with Gasteiger partial charge in [0.05, 0.1) is 29.1 Å². The Morgan fingerprint density at radius 2 is 1.94 bits per heavy atom. The number of rotatable bonds is 7. The molecule has 0 spiro atoms. The summed E-state index contributed by atoms with van der Waals surface area (Å²) in [7, 11) is 0. The average molecular weight is 450 g/mol. The highest BCUT2D eigenvalue weighted by Crippen LogP contribution is 2.38. The van der Waals surface area contributed by atoms with Crippen molar-refractivity contribution in [3.63, 3.8) is 0 Å². The Hall–Kier alpha value is -3.48. The van der Waals surface area contributed by atoms with Crippen LogP contribution in [0.15, 0.2) is 42.5 Å². The van der Waals surface area contributed by atoms with Gasteiger partial charge in [-0.15, -0.1) is 0 Å². The molecule has 2 aromatic rings. The Morgan fingerprint density at radius 3 is 2.58 bits per heavy atom. The van der Waals surface area contributed by atoms with Gasteiger partial charge in [0.1, 0.15) is 0 Å². The molecule has 173 valence electrons. The van der Waals surface area contributed by atoms with E-state index in [1.165, 1.54) is 12.1 Å². The fraction of sp³-hybridized carbons (Fsp3) is 0.385. The molecule has 1 radical (unpaired) electrons. The maximum absolute atomic E-state index is 12.8. The molecule has 33 heavy (non-hydrogen) atoms. The van der Waals surface area contributed by atoms with E-state index >= 15 is 0 Å². The van der Waals surface area contributed by atoms with Gasteiger partial charge in [0.2, 0.25) is 5.91 Å². The van der Waals surface area contributed by atoms with Gasteiger partial charge in [0.25, 0.3) is 5.69 Å². The quantitative estimate of drug-likeness (QED) is 0.257. The number of nitrogens with zero attached hydrogens (tertiary/aromatic N) is 2. The Bertz CT molecular complexity index is 1050. The van der Waals surface area contributed by atoms with Gasteiger partial charge in [-0.1, -0.05) is 44.2 Å². The maximum atomic E-state index is 12.8. The highest BCUT2D eigenvalue weighted by Gasteiger charge is 2.27. The van der Waals surface area contributed by atoms with Crippen LogP contribution in [0.5, 0.6) is 0 Å². The zero-order valence-electron chi connectivity index (χ0n) is 19.2. The highest BCUT2D eigenvalue weighted by atomic mass is 16.6. The molecule has 0 atom stereocenters. The van der Waals surface area contributed by atoms with Crippen molar-refractivity contribution in [2.24, 2.45) is 5.92 Å². The topological polar surface area (TPSA) is 89.8 Å². The van der Waals surface area contributed by atoms with Crippen LogP contribution in [-0.4, -0.2) is 41.4 Å². The van der Waals surface area contributed by atoms with Crippen LogP contribution in [0.3, 0.4) is 0 Å². The predicted octanol–water partition coefficient (Wildman–Crippen LogP) is 5.00. The third-order valence-corrected chi connectivity index (χ3v) is 5.88. The molecule has 0 bridgehead atoms. The Balaban J connectivity index is 1.86. The van der Waals surface area contributed by atoms with E-state index < -0.39 is 4.92 Å². The molecule has 2 aromatic carbocycles. The van der Waals surface area contributed by atoms with Gasteiger partial charge >= 0.3 is 5.97 Å². The number of carbonyl (C=O) groups excluding carboxylic acids is 2. The van der Waals surface area contributed by atoms with Crippen molar-refractivity contribution in [1.29, 1.82) is 0 Å². The van der Waals surface area contributed by atoms with Crippen LogP contribution in [0.4, 0.5) is 5.69 Å². The number of benzene rings is 2. The number of hydrogen-bond donors (Lipinski definition) is 0. The van der Waals surface area contributed by atoms with Crippen molar-refractivity contribution < 1.29 is 19.2 Å². The molecule has 0 saturated carbocycles. The minimum Gasteiger partial charge on any atom is -0.466 e. The third kappa shape index (κ3) is 5.66. The Morgan fingerprint density at radius 1 is 1.24 bits per heavy atom. The summed E-state index contributed by atoms with van der Waals surface area (Å²) in [5, 5.41) is 11.8. The van der Waals surface area contributed by atoms with Crippen molar-refractivity contribution in [3.8, 4) is 11.1 Å². The summed E-state index contributed by atoms with van der Waals surface area (Å²) in [6.07, 6.45) is 4.21. The van der Waals surface area contributed by atoms with Crippen LogP contribution in [0.25, 0.3) is 17.2 Å². The average Bonchev–Trinajstić information content (AvgIpc) is 2.82.